The zero-order valence-corrected chi connectivity index (χ0v) is 19.7. The van der Waals surface area contributed by atoms with E-state index >= 15 is 0 Å². The Labute approximate surface area is 197 Å². The number of rotatable bonds is 7. The minimum atomic E-state index is -4.47. The van der Waals surface area contributed by atoms with Gasteiger partial charge in [-0.15, -0.1) is 0 Å². The lowest BCUT2D eigenvalue weighted by Gasteiger charge is -2.10. The fourth-order valence-corrected chi connectivity index (χ4v) is 4.37. The number of amides is 1. The number of hydrogen-bond donors (Lipinski definition) is 1. The third-order valence-corrected chi connectivity index (χ3v) is 5.21. The van der Waals surface area contributed by atoms with Gasteiger partial charge in [0.05, 0.1) is 32.4 Å². The fraction of sp³-hybridized carbons (Fsp3) is 0.211. The fourth-order valence-electron chi connectivity index (χ4n) is 2.24. The van der Waals surface area contributed by atoms with E-state index in [1.165, 1.54) is 25.5 Å². The SMILES string of the molecule is COC(=O)COc1c(I)cc(/C=N/NC(=O)Cc2cccc(C(F)(F)F)c2)cc1I. The van der Waals surface area contributed by atoms with E-state index in [2.05, 4.69) is 15.3 Å². The van der Waals surface area contributed by atoms with Gasteiger partial charge in [0.1, 0.15) is 5.75 Å². The Kier molecular flexibility index (Phi) is 8.88. The summed E-state index contributed by atoms with van der Waals surface area (Å²) in [5.41, 5.74) is 2.37. The first-order valence-corrected chi connectivity index (χ1v) is 10.4. The number of nitrogens with zero attached hydrogens (tertiary/aromatic N) is 1. The number of esters is 1. The Balaban J connectivity index is 1.98. The molecular weight excluding hydrogens is 631 g/mol. The van der Waals surface area contributed by atoms with E-state index < -0.39 is 23.6 Å². The maximum atomic E-state index is 12.7. The lowest BCUT2D eigenvalue weighted by molar-refractivity contribution is -0.143. The number of ether oxygens (including phenoxy) is 2. The summed E-state index contributed by atoms with van der Waals surface area (Å²) >= 11 is 4.07. The topological polar surface area (TPSA) is 77.0 Å². The standard InChI is InChI=1S/C19H15F3I2N2O4/c1-29-17(28)10-30-18-14(23)6-12(7-15(18)24)9-25-26-16(27)8-11-3-2-4-13(5-11)19(20,21)22/h2-7,9H,8,10H2,1H3,(H,26,27)/b25-9+. The van der Waals surface area contributed by atoms with Gasteiger partial charge in [0.25, 0.3) is 0 Å². The Morgan fingerprint density at radius 2 is 1.83 bits per heavy atom. The number of alkyl halides is 3. The molecule has 0 saturated carbocycles. The molecule has 0 bridgehead atoms. The van der Waals surface area contributed by atoms with E-state index in [-0.39, 0.29) is 18.6 Å². The van der Waals surface area contributed by atoms with Gasteiger partial charge in [-0.2, -0.15) is 18.3 Å². The summed E-state index contributed by atoms with van der Waals surface area (Å²) in [6.07, 6.45) is -3.30. The van der Waals surface area contributed by atoms with Gasteiger partial charge < -0.3 is 9.47 Å². The third kappa shape index (κ3) is 7.41. The molecule has 1 N–H and O–H groups in total. The van der Waals surface area contributed by atoms with Crippen molar-refractivity contribution in [3.8, 4) is 5.75 Å². The Hall–Kier alpha value is -1.90. The Morgan fingerprint density at radius 3 is 2.43 bits per heavy atom. The number of nitrogens with one attached hydrogen (secondary N) is 1. The molecule has 11 heteroatoms. The second-order valence-electron chi connectivity index (χ2n) is 5.85. The van der Waals surface area contributed by atoms with Crippen molar-refractivity contribution in [2.24, 2.45) is 5.10 Å². The van der Waals surface area contributed by atoms with E-state index in [0.29, 0.717) is 11.3 Å². The molecule has 0 fully saturated rings. The molecule has 0 saturated heterocycles. The molecule has 0 aliphatic carbocycles. The van der Waals surface area contributed by atoms with E-state index in [1.54, 1.807) is 12.1 Å². The smallest absolute Gasteiger partial charge is 0.416 e. The monoisotopic (exact) mass is 646 g/mol. The van der Waals surface area contributed by atoms with Crippen LogP contribution in [0, 0.1) is 7.14 Å². The average molecular weight is 646 g/mol. The molecule has 30 heavy (non-hydrogen) atoms. The van der Waals surface area contributed by atoms with Crippen LogP contribution in [0.2, 0.25) is 0 Å². The highest BCUT2D eigenvalue weighted by atomic mass is 127. The predicted molar refractivity (Wildman–Crippen MR) is 120 cm³/mol. The number of carbonyl (C=O) groups excluding carboxylic acids is 2. The van der Waals surface area contributed by atoms with Gasteiger partial charge in [-0.1, -0.05) is 18.2 Å². The van der Waals surface area contributed by atoms with Crippen molar-refractivity contribution in [1.82, 2.24) is 5.43 Å². The quantitative estimate of drug-likeness (QED) is 0.212. The summed E-state index contributed by atoms with van der Waals surface area (Å²) in [6.45, 7) is -0.221. The minimum Gasteiger partial charge on any atom is -0.480 e. The lowest BCUT2D eigenvalue weighted by Crippen LogP contribution is -2.20. The molecule has 0 aliphatic heterocycles. The maximum Gasteiger partial charge on any atom is 0.416 e. The largest absolute Gasteiger partial charge is 0.480 e. The average Bonchev–Trinajstić information content (AvgIpc) is 2.66. The number of hydrazone groups is 1. The van der Waals surface area contributed by atoms with E-state index in [9.17, 15) is 22.8 Å². The van der Waals surface area contributed by atoms with Gasteiger partial charge in [0.15, 0.2) is 6.61 Å². The van der Waals surface area contributed by atoms with E-state index in [4.69, 9.17) is 4.74 Å². The van der Waals surface area contributed by atoms with Gasteiger partial charge in [0.2, 0.25) is 5.91 Å². The van der Waals surface area contributed by atoms with Gasteiger partial charge in [0, 0.05) is 0 Å². The van der Waals surface area contributed by atoms with Crippen molar-refractivity contribution in [2.45, 2.75) is 12.6 Å². The van der Waals surface area contributed by atoms with Crippen LogP contribution in [0.1, 0.15) is 16.7 Å². The first-order valence-electron chi connectivity index (χ1n) is 8.27. The molecule has 160 valence electrons. The molecule has 6 nitrogen and oxygen atoms in total. The molecular formula is C19H15F3I2N2O4. The van der Waals surface area contributed by atoms with Gasteiger partial charge in [-0.25, -0.2) is 10.2 Å². The third-order valence-electron chi connectivity index (χ3n) is 3.60. The van der Waals surface area contributed by atoms with Crippen molar-refractivity contribution in [3.05, 3.63) is 60.2 Å². The van der Waals surface area contributed by atoms with Crippen LogP contribution in [-0.2, 0) is 26.9 Å². The molecule has 0 spiro atoms. The van der Waals surface area contributed by atoms with E-state index in [1.807, 2.05) is 45.2 Å². The van der Waals surface area contributed by atoms with Gasteiger partial charge >= 0.3 is 12.1 Å². The molecule has 0 unspecified atom stereocenters. The number of halogens is 5. The highest BCUT2D eigenvalue weighted by Gasteiger charge is 2.30. The van der Waals surface area contributed by atoms with Crippen molar-refractivity contribution in [1.29, 1.82) is 0 Å². The maximum absolute atomic E-state index is 12.7. The number of hydrogen-bond acceptors (Lipinski definition) is 5. The Morgan fingerprint density at radius 1 is 1.17 bits per heavy atom. The molecule has 2 rings (SSSR count). The molecule has 2 aromatic rings. The van der Waals surface area contributed by atoms with Crippen LogP contribution in [0.4, 0.5) is 13.2 Å². The Bertz CT molecular complexity index is 942. The summed E-state index contributed by atoms with van der Waals surface area (Å²) < 4.78 is 49.6. The van der Waals surface area contributed by atoms with Crippen molar-refractivity contribution in [2.75, 3.05) is 13.7 Å². The predicted octanol–water partition coefficient (Wildman–Crippen LogP) is 4.16. The number of methoxy groups -OCH3 is 1. The van der Waals surface area contributed by atoms with Crippen LogP contribution in [-0.4, -0.2) is 31.8 Å². The highest BCUT2D eigenvalue weighted by molar-refractivity contribution is 14.1. The molecule has 2 aromatic carbocycles. The molecule has 0 heterocycles. The summed E-state index contributed by atoms with van der Waals surface area (Å²) in [5.74, 6) is -0.531. The summed E-state index contributed by atoms with van der Waals surface area (Å²) in [6, 6.07) is 8.04. The second-order valence-corrected chi connectivity index (χ2v) is 8.17. The first-order chi connectivity index (χ1) is 14.1. The molecule has 0 aliphatic rings. The molecule has 0 atom stereocenters. The summed E-state index contributed by atoms with van der Waals surface area (Å²) in [5, 5.41) is 3.84. The van der Waals surface area contributed by atoms with Crippen LogP contribution < -0.4 is 10.2 Å². The number of benzene rings is 2. The van der Waals surface area contributed by atoms with Crippen molar-refractivity contribution in [3.63, 3.8) is 0 Å². The normalized spacial score (nSPS) is 11.4. The second kappa shape index (κ2) is 10.9. The molecule has 0 radical (unpaired) electrons. The summed E-state index contributed by atoms with van der Waals surface area (Å²) in [7, 11) is 1.27. The zero-order chi connectivity index (χ0) is 22.3. The van der Waals surface area contributed by atoms with Crippen molar-refractivity contribution >= 4 is 63.3 Å². The lowest BCUT2D eigenvalue weighted by atomic mass is 10.1. The van der Waals surface area contributed by atoms with Crippen LogP contribution in [0.5, 0.6) is 5.75 Å². The highest BCUT2D eigenvalue weighted by Crippen LogP contribution is 2.30. The van der Waals surface area contributed by atoms with Crippen LogP contribution in [0.15, 0.2) is 41.5 Å². The molecule has 0 aromatic heterocycles. The zero-order valence-electron chi connectivity index (χ0n) is 15.4. The van der Waals surface area contributed by atoms with Crippen LogP contribution in [0.3, 0.4) is 0 Å². The van der Waals surface area contributed by atoms with Crippen LogP contribution >= 0.6 is 45.2 Å². The molecule has 1 amide bonds. The van der Waals surface area contributed by atoms with E-state index in [0.717, 1.165) is 19.3 Å². The first kappa shape index (κ1) is 24.4. The van der Waals surface area contributed by atoms with Crippen LogP contribution in [0.25, 0.3) is 0 Å². The van der Waals surface area contributed by atoms with Crippen molar-refractivity contribution < 1.29 is 32.2 Å². The number of carbonyl (C=O) groups is 2. The van der Waals surface area contributed by atoms with Gasteiger partial charge in [-0.3, -0.25) is 4.79 Å². The minimum absolute atomic E-state index is 0.221. The van der Waals surface area contributed by atoms with Gasteiger partial charge in [-0.05, 0) is 74.5 Å². The summed E-state index contributed by atoms with van der Waals surface area (Å²) in [4.78, 5) is 23.2.